The van der Waals surface area contributed by atoms with E-state index in [1.54, 1.807) is 29.2 Å². The van der Waals surface area contributed by atoms with E-state index in [9.17, 15) is 19.7 Å². The molecule has 0 bridgehead atoms. The van der Waals surface area contributed by atoms with E-state index in [2.05, 4.69) is 5.32 Å². The Hall–Kier alpha value is -3.75. The SMILES string of the molecule is CC1CN(C(=O)c2ccccc2NC(=O)c2ccc([N+](=O)[O-])cc2Cl)CC(c2ccccc2)O1. The minimum Gasteiger partial charge on any atom is -0.367 e. The number of non-ortho nitro benzene ring substituents is 1. The molecular weight excluding hydrogens is 458 g/mol. The first-order valence-corrected chi connectivity index (χ1v) is 11.1. The van der Waals surface area contributed by atoms with Gasteiger partial charge in [-0.1, -0.05) is 54.1 Å². The summed E-state index contributed by atoms with van der Waals surface area (Å²) in [6.45, 7) is 2.71. The van der Waals surface area contributed by atoms with Crippen molar-refractivity contribution in [3.63, 3.8) is 0 Å². The highest BCUT2D eigenvalue weighted by atomic mass is 35.5. The van der Waals surface area contributed by atoms with Crippen LogP contribution >= 0.6 is 11.6 Å². The molecular formula is C25H22ClN3O5. The number of anilines is 1. The van der Waals surface area contributed by atoms with Gasteiger partial charge in [0.1, 0.15) is 6.10 Å². The van der Waals surface area contributed by atoms with Crippen molar-refractivity contribution in [2.45, 2.75) is 19.1 Å². The number of nitrogens with zero attached hydrogens (tertiary/aromatic N) is 2. The Morgan fingerprint density at radius 1 is 1.03 bits per heavy atom. The van der Waals surface area contributed by atoms with Crippen molar-refractivity contribution in [1.82, 2.24) is 4.90 Å². The fraction of sp³-hybridized carbons (Fsp3) is 0.200. The summed E-state index contributed by atoms with van der Waals surface area (Å²) >= 11 is 6.09. The molecule has 0 aliphatic carbocycles. The third kappa shape index (κ3) is 5.08. The zero-order valence-electron chi connectivity index (χ0n) is 18.3. The Morgan fingerprint density at radius 3 is 2.44 bits per heavy atom. The minimum absolute atomic E-state index is 0.0526. The fourth-order valence-corrected chi connectivity index (χ4v) is 4.17. The second kappa shape index (κ2) is 10.0. The standard InChI is InChI=1S/C25H22ClN3O5/c1-16-14-28(15-23(34-16)17-7-3-2-4-8-17)25(31)20-9-5-6-10-22(20)27-24(30)19-12-11-18(29(32)33)13-21(19)26/h2-13,16,23H,14-15H2,1H3,(H,27,30). The summed E-state index contributed by atoms with van der Waals surface area (Å²) < 4.78 is 6.05. The Balaban J connectivity index is 1.55. The van der Waals surface area contributed by atoms with Gasteiger partial charge in [0.05, 0.1) is 39.4 Å². The van der Waals surface area contributed by atoms with E-state index in [0.29, 0.717) is 24.3 Å². The maximum Gasteiger partial charge on any atom is 0.270 e. The van der Waals surface area contributed by atoms with Gasteiger partial charge in [0.2, 0.25) is 0 Å². The van der Waals surface area contributed by atoms with Crippen LogP contribution < -0.4 is 5.32 Å². The number of ether oxygens (including phenoxy) is 1. The highest BCUT2D eigenvalue weighted by molar-refractivity contribution is 6.34. The molecule has 2 amide bonds. The van der Waals surface area contributed by atoms with Gasteiger partial charge in [-0.15, -0.1) is 0 Å². The summed E-state index contributed by atoms with van der Waals surface area (Å²) in [4.78, 5) is 38.4. The van der Waals surface area contributed by atoms with Crippen LogP contribution in [0.1, 0.15) is 39.3 Å². The Morgan fingerprint density at radius 2 is 1.74 bits per heavy atom. The van der Waals surface area contributed by atoms with E-state index >= 15 is 0 Å². The van der Waals surface area contributed by atoms with Crippen LogP contribution in [0.3, 0.4) is 0 Å². The zero-order valence-corrected chi connectivity index (χ0v) is 19.1. The van der Waals surface area contributed by atoms with Crippen molar-refractivity contribution >= 4 is 34.8 Å². The summed E-state index contributed by atoms with van der Waals surface area (Å²) in [5, 5.41) is 13.6. The largest absolute Gasteiger partial charge is 0.367 e. The second-order valence-electron chi connectivity index (χ2n) is 7.98. The van der Waals surface area contributed by atoms with Gasteiger partial charge in [0.15, 0.2) is 0 Å². The Bertz CT molecular complexity index is 1230. The van der Waals surface area contributed by atoms with Crippen LogP contribution in [0.25, 0.3) is 0 Å². The van der Waals surface area contributed by atoms with Crippen molar-refractivity contribution < 1.29 is 19.2 Å². The monoisotopic (exact) mass is 479 g/mol. The number of para-hydroxylation sites is 1. The van der Waals surface area contributed by atoms with Crippen LogP contribution in [-0.4, -0.2) is 40.8 Å². The molecule has 2 unspecified atom stereocenters. The first-order chi connectivity index (χ1) is 16.3. The van der Waals surface area contributed by atoms with Crippen molar-refractivity contribution in [1.29, 1.82) is 0 Å². The quantitative estimate of drug-likeness (QED) is 0.405. The molecule has 3 aromatic carbocycles. The van der Waals surface area contributed by atoms with Crippen molar-refractivity contribution in [3.05, 3.63) is 105 Å². The molecule has 0 spiro atoms. The van der Waals surface area contributed by atoms with E-state index in [0.717, 1.165) is 11.6 Å². The number of amides is 2. The molecule has 1 aliphatic heterocycles. The molecule has 174 valence electrons. The number of nitro benzene ring substituents is 1. The molecule has 0 radical (unpaired) electrons. The van der Waals surface area contributed by atoms with Crippen molar-refractivity contribution in [2.75, 3.05) is 18.4 Å². The van der Waals surface area contributed by atoms with Crippen LogP contribution in [0, 0.1) is 10.1 Å². The minimum atomic E-state index is -0.590. The highest BCUT2D eigenvalue weighted by Crippen LogP contribution is 2.28. The number of hydrogen-bond donors (Lipinski definition) is 1. The average molecular weight is 480 g/mol. The summed E-state index contributed by atoms with van der Waals surface area (Å²) in [6.07, 6.45) is -0.418. The number of nitro groups is 1. The van der Waals surface area contributed by atoms with E-state index < -0.39 is 10.8 Å². The third-order valence-corrected chi connectivity index (χ3v) is 5.85. The molecule has 1 aliphatic rings. The van der Waals surface area contributed by atoms with Gasteiger partial charge >= 0.3 is 0 Å². The van der Waals surface area contributed by atoms with Crippen molar-refractivity contribution in [2.24, 2.45) is 0 Å². The topological polar surface area (TPSA) is 102 Å². The molecule has 1 heterocycles. The summed E-state index contributed by atoms with van der Waals surface area (Å²) in [5.74, 6) is -0.806. The molecule has 4 rings (SSSR count). The van der Waals surface area contributed by atoms with Crippen LogP contribution in [-0.2, 0) is 4.74 Å². The molecule has 0 aromatic heterocycles. The predicted molar refractivity (Wildman–Crippen MR) is 128 cm³/mol. The first-order valence-electron chi connectivity index (χ1n) is 10.7. The van der Waals surface area contributed by atoms with Crippen LogP contribution in [0.15, 0.2) is 72.8 Å². The first kappa shape index (κ1) is 23.4. The molecule has 8 nitrogen and oxygen atoms in total. The molecule has 34 heavy (non-hydrogen) atoms. The lowest BCUT2D eigenvalue weighted by Gasteiger charge is -2.37. The third-order valence-electron chi connectivity index (χ3n) is 5.53. The lowest BCUT2D eigenvalue weighted by molar-refractivity contribution is -0.384. The van der Waals surface area contributed by atoms with Gasteiger partial charge in [-0.2, -0.15) is 0 Å². The van der Waals surface area contributed by atoms with Crippen LogP contribution in [0.4, 0.5) is 11.4 Å². The van der Waals surface area contributed by atoms with E-state index in [1.165, 1.54) is 12.1 Å². The Labute approximate surface area is 201 Å². The van der Waals surface area contributed by atoms with E-state index in [4.69, 9.17) is 16.3 Å². The normalized spacial score (nSPS) is 17.8. The number of carbonyl (C=O) groups is 2. The molecule has 2 atom stereocenters. The van der Waals surface area contributed by atoms with Gasteiger partial charge in [-0.25, -0.2) is 0 Å². The number of morpholine rings is 1. The molecule has 1 saturated heterocycles. The molecule has 1 fully saturated rings. The van der Waals surface area contributed by atoms with Gasteiger partial charge in [-0.05, 0) is 30.7 Å². The number of benzene rings is 3. The van der Waals surface area contributed by atoms with Gasteiger partial charge in [0.25, 0.3) is 17.5 Å². The number of nitrogens with one attached hydrogen (secondary N) is 1. The zero-order chi connectivity index (χ0) is 24.2. The number of hydrogen-bond acceptors (Lipinski definition) is 5. The predicted octanol–water partition coefficient (Wildman–Crippen LogP) is 5.10. The van der Waals surface area contributed by atoms with Gasteiger partial charge < -0.3 is 15.0 Å². The summed E-state index contributed by atoms with van der Waals surface area (Å²) in [6, 6.07) is 20.0. The number of rotatable bonds is 5. The van der Waals surface area contributed by atoms with Crippen molar-refractivity contribution in [3.8, 4) is 0 Å². The smallest absolute Gasteiger partial charge is 0.270 e. The molecule has 1 N–H and O–H groups in total. The maximum atomic E-state index is 13.5. The molecule has 3 aromatic rings. The van der Waals surface area contributed by atoms with Gasteiger partial charge in [0, 0.05) is 18.7 Å². The molecule has 9 heteroatoms. The van der Waals surface area contributed by atoms with E-state index in [1.807, 2.05) is 37.3 Å². The number of halogens is 1. The van der Waals surface area contributed by atoms with Crippen LogP contribution in [0.5, 0.6) is 0 Å². The Kier molecular flexibility index (Phi) is 6.90. The average Bonchev–Trinajstić information content (AvgIpc) is 2.84. The summed E-state index contributed by atoms with van der Waals surface area (Å²) in [7, 11) is 0. The molecule has 0 saturated carbocycles. The van der Waals surface area contributed by atoms with Gasteiger partial charge in [-0.3, -0.25) is 19.7 Å². The maximum absolute atomic E-state index is 13.5. The lowest BCUT2D eigenvalue weighted by atomic mass is 10.0. The fourth-order valence-electron chi connectivity index (χ4n) is 3.91. The highest BCUT2D eigenvalue weighted by Gasteiger charge is 2.31. The van der Waals surface area contributed by atoms with E-state index in [-0.39, 0.29) is 34.4 Å². The number of carbonyl (C=O) groups excluding carboxylic acids is 2. The lowest BCUT2D eigenvalue weighted by Crippen LogP contribution is -2.46. The van der Waals surface area contributed by atoms with Crippen LogP contribution in [0.2, 0.25) is 5.02 Å². The summed E-state index contributed by atoms with van der Waals surface area (Å²) in [5.41, 5.74) is 1.49. The second-order valence-corrected chi connectivity index (χ2v) is 8.38.